The van der Waals surface area contributed by atoms with Gasteiger partial charge in [0.05, 0.1) is 33.0 Å². The first kappa shape index (κ1) is 26.3. The number of rotatable bonds is 16. The molecule has 0 heterocycles. The fourth-order valence-corrected chi connectivity index (χ4v) is 1.33. The maximum absolute atomic E-state index is 11.4. The van der Waals surface area contributed by atoms with Crippen LogP contribution in [0.2, 0.25) is 0 Å². The predicted octanol–water partition coefficient (Wildman–Crippen LogP) is 0.444. The third-order valence-corrected chi connectivity index (χ3v) is 2.68. The fraction of sp³-hybridized carbons (Fsp3) is 0.867. The summed E-state index contributed by atoms with van der Waals surface area (Å²) < 4.78 is 20.6. The van der Waals surface area contributed by atoms with Crippen molar-refractivity contribution in [3.05, 3.63) is 5.73 Å². The molecule has 24 heavy (non-hydrogen) atoms. The molecule has 0 aliphatic carbocycles. The monoisotopic (exact) mass is 422 g/mol. The van der Waals surface area contributed by atoms with Gasteiger partial charge in [0.25, 0.3) is 0 Å². The van der Waals surface area contributed by atoms with Crippen molar-refractivity contribution in [1.82, 2.24) is 5.32 Å². The molecule has 0 aliphatic rings. The second-order valence-electron chi connectivity index (χ2n) is 5.05. The van der Waals surface area contributed by atoms with Crippen LogP contribution in [0.1, 0.15) is 13.8 Å². The van der Waals surface area contributed by atoms with Crippen LogP contribution in [0.25, 0.3) is 5.73 Å². The van der Waals surface area contributed by atoms with Gasteiger partial charge in [0, 0.05) is 51.8 Å². The standard InChI is InChI=1S/C15H29N2O6.Y/c1-13(2)14(18)11-22-9-8-21-6-4-17-15(19)12-23-10-7-20-5-3-16;/h13,16H,3-12H2,1-2H3,(H,17,19);/q-1;. The van der Waals surface area contributed by atoms with Crippen LogP contribution in [-0.2, 0) is 61.2 Å². The molecule has 139 valence electrons. The van der Waals surface area contributed by atoms with E-state index in [0.29, 0.717) is 46.2 Å². The van der Waals surface area contributed by atoms with Gasteiger partial charge in [0.2, 0.25) is 5.91 Å². The summed E-state index contributed by atoms with van der Waals surface area (Å²) in [6.07, 6.45) is 0. The van der Waals surface area contributed by atoms with E-state index in [2.05, 4.69) is 5.32 Å². The Balaban J connectivity index is 0. The minimum atomic E-state index is -0.215. The molecule has 0 rings (SSSR count). The Kier molecular flexibility index (Phi) is 21.2. The second kappa shape index (κ2) is 19.4. The van der Waals surface area contributed by atoms with E-state index in [0.717, 1.165) is 0 Å². The van der Waals surface area contributed by atoms with Crippen LogP contribution in [0.4, 0.5) is 0 Å². The van der Waals surface area contributed by atoms with Gasteiger partial charge in [-0.2, -0.15) is 0 Å². The zero-order valence-corrected chi connectivity index (χ0v) is 17.5. The molecule has 2 N–H and O–H groups in total. The van der Waals surface area contributed by atoms with Crippen LogP contribution in [0.15, 0.2) is 0 Å². The topological polar surface area (TPSA) is 107 Å². The van der Waals surface area contributed by atoms with Crippen molar-refractivity contribution < 1.29 is 61.2 Å². The van der Waals surface area contributed by atoms with E-state index in [1.807, 2.05) is 13.8 Å². The molecule has 8 nitrogen and oxygen atoms in total. The maximum Gasteiger partial charge on any atom is 0.246 e. The molecule has 0 fully saturated rings. The molecule has 0 spiro atoms. The summed E-state index contributed by atoms with van der Waals surface area (Å²) in [4.78, 5) is 22.7. The minimum absolute atomic E-state index is 0. The SMILES string of the molecule is CC(C)C(=O)COCCOCCNC(=O)COCCOCC[NH-].[Y]. The first-order chi connectivity index (χ1) is 11.1. The smallest absolute Gasteiger partial charge is 0.246 e. The van der Waals surface area contributed by atoms with Crippen molar-refractivity contribution in [3.8, 4) is 0 Å². The number of Topliss-reactive ketones (excluding diaryl/α,β-unsaturated/α-hetero) is 1. The molecule has 1 radical (unpaired) electrons. The number of hydrogen-bond donors (Lipinski definition) is 1. The summed E-state index contributed by atoms with van der Waals surface area (Å²) >= 11 is 0. The first-order valence-electron chi connectivity index (χ1n) is 7.83. The summed E-state index contributed by atoms with van der Waals surface area (Å²) in [7, 11) is 0. The predicted molar refractivity (Wildman–Crippen MR) is 85.3 cm³/mol. The third kappa shape index (κ3) is 18.4. The molecule has 9 heteroatoms. The summed E-state index contributed by atoms with van der Waals surface area (Å²) in [6.45, 7) is 6.57. The van der Waals surface area contributed by atoms with Gasteiger partial charge in [-0.3, -0.25) is 9.59 Å². The van der Waals surface area contributed by atoms with Gasteiger partial charge in [0.15, 0.2) is 5.78 Å². The molecular weight excluding hydrogens is 393 g/mol. The van der Waals surface area contributed by atoms with E-state index in [1.54, 1.807) is 0 Å². The molecule has 0 aliphatic heterocycles. The average molecular weight is 422 g/mol. The van der Waals surface area contributed by atoms with Crippen LogP contribution in [-0.4, -0.2) is 77.6 Å². The Morgan fingerprint density at radius 1 is 0.875 bits per heavy atom. The summed E-state index contributed by atoms with van der Waals surface area (Å²) in [5.41, 5.74) is 6.87. The van der Waals surface area contributed by atoms with E-state index < -0.39 is 0 Å². The number of carbonyl (C=O) groups is 2. The van der Waals surface area contributed by atoms with Crippen LogP contribution in [0.5, 0.6) is 0 Å². The third-order valence-electron chi connectivity index (χ3n) is 2.68. The van der Waals surface area contributed by atoms with E-state index >= 15 is 0 Å². The van der Waals surface area contributed by atoms with Crippen LogP contribution in [0, 0.1) is 5.92 Å². The molecule has 0 aromatic carbocycles. The largest absolute Gasteiger partial charge is 0.676 e. The number of amides is 1. The quantitative estimate of drug-likeness (QED) is 0.362. The van der Waals surface area contributed by atoms with Crippen molar-refractivity contribution >= 4 is 11.7 Å². The zero-order valence-electron chi connectivity index (χ0n) is 14.7. The molecule has 0 saturated carbocycles. The first-order valence-corrected chi connectivity index (χ1v) is 7.83. The molecular formula is C15H29N2O6Y-. The molecule has 0 unspecified atom stereocenters. The Morgan fingerprint density at radius 3 is 2.00 bits per heavy atom. The van der Waals surface area contributed by atoms with Gasteiger partial charge in [-0.1, -0.05) is 13.8 Å². The molecule has 0 aromatic heterocycles. The van der Waals surface area contributed by atoms with Crippen molar-refractivity contribution in [2.75, 3.05) is 65.9 Å². The van der Waals surface area contributed by atoms with Gasteiger partial charge in [-0.05, 0) is 0 Å². The van der Waals surface area contributed by atoms with E-state index in [1.165, 1.54) is 0 Å². The Morgan fingerprint density at radius 2 is 1.42 bits per heavy atom. The number of hydrogen-bond acceptors (Lipinski definition) is 6. The normalized spacial score (nSPS) is 10.5. The van der Waals surface area contributed by atoms with Crippen molar-refractivity contribution in [2.45, 2.75) is 13.8 Å². The number of nitrogens with one attached hydrogen (secondary N) is 2. The average Bonchev–Trinajstić information content (AvgIpc) is 2.52. The molecule has 0 saturated heterocycles. The van der Waals surface area contributed by atoms with Gasteiger partial charge in [-0.15, -0.1) is 6.54 Å². The number of carbonyl (C=O) groups excluding carboxylic acids is 2. The van der Waals surface area contributed by atoms with E-state index in [9.17, 15) is 9.59 Å². The van der Waals surface area contributed by atoms with Crippen molar-refractivity contribution in [2.24, 2.45) is 5.92 Å². The molecule has 1 amide bonds. The number of ketones is 1. The fourth-order valence-electron chi connectivity index (χ4n) is 1.33. The Bertz CT molecular complexity index is 318. The Hall–Kier alpha value is 0.0439. The van der Waals surface area contributed by atoms with Gasteiger partial charge in [-0.25, -0.2) is 0 Å². The van der Waals surface area contributed by atoms with Gasteiger partial charge >= 0.3 is 0 Å². The molecule has 0 atom stereocenters. The van der Waals surface area contributed by atoms with Crippen LogP contribution in [0.3, 0.4) is 0 Å². The Labute approximate surface area is 169 Å². The maximum atomic E-state index is 11.4. The van der Waals surface area contributed by atoms with Crippen LogP contribution < -0.4 is 5.32 Å². The van der Waals surface area contributed by atoms with Crippen molar-refractivity contribution in [3.63, 3.8) is 0 Å². The van der Waals surface area contributed by atoms with E-state index in [4.69, 9.17) is 24.7 Å². The number of ether oxygens (including phenoxy) is 4. The minimum Gasteiger partial charge on any atom is -0.676 e. The van der Waals surface area contributed by atoms with E-state index in [-0.39, 0.29) is 70.1 Å². The van der Waals surface area contributed by atoms with Gasteiger partial charge in [0.1, 0.15) is 13.2 Å². The van der Waals surface area contributed by atoms with Gasteiger partial charge < -0.3 is 30.0 Å². The zero-order chi connectivity index (χ0) is 17.3. The van der Waals surface area contributed by atoms with Crippen LogP contribution >= 0.6 is 0 Å². The summed E-state index contributed by atoms with van der Waals surface area (Å²) in [6, 6.07) is 0. The summed E-state index contributed by atoms with van der Waals surface area (Å²) in [5.74, 6) is -0.159. The molecule has 0 bridgehead atoms. The molecule has 0 aromatic rings. The summed E-state index contributed by atoms with van der Waals surface area (Å²) in [5, 5.41) is 2.65. The van der Waals surface area contributed by atoms with Crippen molar-refractivity contribution in [1.29, 1.82) is 0 Å². The second-order valence-corrected chi connectivity index (χ2v) is 5.05.